The Labute approximate surface area is 119 Å². The third kappa shape index (κ3) is 3.72. The van der Waals surface area contributed by atoms with Crippen molar-refractivity contribution in [1.82, 2.24) is 0 Å². The fourth-order valence-corrected chi connectivity index (χ4v) is 2.32. The van der Waals surface area contributed by atoms with E-state index >= 15 is 0 Å². The predicted octanol–water partition coefficient (Wildman–Crippen LogP) is 3.48. The Morgan fingerprint density at radius 3 is 2.42 bits per heavy atom. The molecule has 0 aromatic heterocycles. The average Bonchev–Trinajstić information content (AvgIpc) is 2.42. The van der Waals surface area contributed by atoms with Gasteiger partial charge in [0, 0.05) is 24.3 Å². The van der Waals surface area contributed by atoms with Gasteiger partial charge in [0.1, 0.15) is 0 Å². The van der Waals surface area contributed by atoms with E-state index in [2.05, 4.69) is 48.3 Å². The third-order valence-electron chi connectivity index (χ3n) is 3.15. The number of anilines is 1. The van der Waals surface area contributed by atoms with Gasteiger partial charge in [-0.3, -0.25) is 0 Å². The molecule has 0 heterocycles. The van der Waals surface area contributed by atoms with Crippen molar-refractivity contribution < 1.29 is 0 Å². The molecular weight excluding hydrogens is 256 g/mol. The highest BCUT2D eigenvalue weighted by Crippen LogP contribution is 2.21. The lowest BCUT2D eigenvalue weighted by Crippen LogP contribution is -2.18. The molecule has 3 heteroatoms. The van der Waals surface area contributed by atoms with Crippen LogP contribution in [0.15, 0.2) is 48.5 Å². The lowest BCUT2D eigenvalue weighted by Gasteiger charge is -2.22. The van der Waals surface area contributed by atoms with E-state index < -0.39 is 0 Å². The van der Waals surface area contributed by atoms with E-state index in [4.69, 9.17) is 17.3 Å². The van der Waals surface area contributed by atoms with Gasteiger partial charge in [-0.1, -0.05) is 41.9 Å². The second-order valence-corrected chi connectivity index (χ2v) is 5.09. The van der Waals surface area contributed by atoms with Crippen molar-refractivity contribution in [3.8, 4) is 0 Å². The topological polar surface area (TPSA) is 29.3 Å². The summed E-state index contributed by atoms with van der Waals surface area (Å²) in [6, 6.07) is 16.4. The summed E-state index contributed by atoms with van der Waals surface area (Å²) in [7, 11) is 2.10. The minimum atomic E-state index is 0.672. The van der Waals surface area contributed by atoms with Crippen LogP contribution in [-0.4, -0.2) is 13.6 Å². The number of rotatable bonds is 5. The lowest BCUT2D eigenvalue weighted by atomic mass is 10.1. The summed E-state index contributed by atoms with van der Waals surface area (Å²) in [4.78, 5) is 2.24. The molecule has 0 saturated heterocycles. The molecule has 0 saturated carbocycles. The third-order valence-corrected chi connectivity index (χ3v) is 3.40. The molecule has 2 aromatic rings. The molecule has 2 aromatic carbocycles. The number of benzene rings is 2. The van der Waals surface area contributed by atoms with Gasteiger partial charge in [0.2, 0.25) is 0 Å². The lowest BCUT2D eigenvalue weighted by molar-refractivity contribution is 0.893. The second kappa shape index (κ2) is 6.60. The van der Waals surface area contributed by atoms with E-state index in [0.29, 0.717) is 6.54 Å². The molecule has 0 atom stereocenters. The fraction of sp³-hybridized carbons (Fsp3) is 0.250. The van der Waals surface area contributed by atoms with Gasteiger partial charge in [0.25, 0.3) is 0 Å². The molecule has 2 N–H and O–H groups in total. The first-order valence-electron chi connectivity index (χ1n) is 6.44. The van der Waals surface area contributed by atoms with Crippen molar-refractivity contribution in [2.24, 2.45) is 5.73 Å². The summed E-state index contributed by atoms with van der Waals surface area (Å²) in [5.41, 5.74) is 9.44. The Kier molecular flexibility index (Phi) is 4.83. The van der Waals surface area contributed by atoms with E-state index in [-0.39, 0.29) is 0 Å². The van der Waals surface area contributed by atoms with E-state index in [9.17, 15) is 0 Å². The van der Waals surface area contributed by atoms with Crippen LogP contribution in [0, 0.1) is 0 Å². The van der Waals surface area contributed by atoms with Crippen molar-refractivity contribution in [3.63, 3.8) is 0 Å². The van der Waals surface area contributed by atoms with Crippen LogP contribution >= 0.6 is 11.6 Å². The molecule has 0 aliphatic heterocycles. The highest BCUT2D eigenvalue weighted by molar-refractivity contribution is 6.30. The summed E-state index contributed by atoms with van der Waals surface area (Å²) in [5, 5.41) is 0.773. The Morgan fingerprint density at radius 2 is 1.74 bits per heavy atom. The summed E-state index contributed by atoms with van der Waals surface area (Å²) in [6.45, 7) is 1.53. The SMILES string of the molecule is CN(Cc1ccc(Cl)cc1)c1ccccc1CCN. The zero-order chi connectivity index (χ0) is 13.7. The van der Waals surface area contributed by atoms with Gasteiger partial charge in [-0.2, -0.15) is 0 Å². The number of nitrogens with zero attached hydrogens (tertiary/aromatic N) is 1. The molecular formula is C16H19ClN2. The maximum atomic E-state index is 5.90. The van der Waals surface area contributed by atoms with Crippen molar-refractivity contribution in [2.45, 2.75) is 13.0 Å². The van der Waals surface area contributed by atoms with E-state index in [1.54, 1.807) is 0 Å². The standard InChI is InChI=1S/C16H19ClN2/c1-19(12-13-6-8-15(17)9-7-13)16-5-3-2-4-14(16)10-11-18/h2-9H,10-12,18H2,1H3. The molecule has 19 heavy (non-hydrogen) atoms. The summed E-state index contributed by atoms with van der Waals surface area (Å²) in [5.74, 6) is 0. The molecule has 2 rings (SSSR count). The zero-order valence-corrected chi connectivity index (χ0v) is 11.9. The number of halogens is 1. The molecule has 0 radical (unpaired) electrons. The zero-order valence-electron chi connectivity index (χ0n) is 11.1. The first-order chi connectivity index (χ1) is 9.20. The number of hydrogen-bond donors (Lipinski definition) is 1. The highest BCUT2D eigenvalue weighted by atomic mass is 35.5. The van der Waals surface area contributed by atoms with Crippen molar-refractivity contribution in [1.29, 1.82) is 0 Å². The van der Waals surface area contributed by atoms with Gasteiger partial charge in [0.15, 0.2) is 0 Å². The Bertz CT molecular complexity index is 523. The smallest absolute Gasteiger partial charge is 0.0426 e. The van der Waals surface area contributed by atoms with E-state index in [0.717, 1.165) is 18.0 Å². The fourth-order valence-electron chi connectivity index (χ4n) is 2.20. The van der Waals surface area contributed by atoms with Crippen LogP contribution in [0.5, 0.6) is 0 Å². The molecule has 0 amide bonds. The Hall–Kier alpha value is -1.51. The predicted molar refractivity (Wildman–Crippen MR) is 82.8 cm³/mol. The van der Waals surface area contributed by atoms with Crippen LogP contribution < -0.4 is 10.6 Å². The first kappa shape index (κ1) is 13.9. The highest BCUT2D eigenvalue weighted by Gasteiger charge is 2.06. The molecule has 0 spiro atoms. The molecule has 0 fully saturated rings. The van der Waals surface area contributed by atoms with Gasteiger partial charge in [0.05, 0.1) is 0 Å². The maximum absolute atomic E-state index is 5.90. The molecule has 0 aliphatic carbocycles. The number of hydrogen-bond acceptors (Lipinski definition) is 2. The summed E-state index contributed by atoms with van der Waals surface area (Å²) < 4.78 is 0. The summed E-state index contributed by atoms with van der Waals surface area (Å²) >= 11 is 5.90. The molecule has 2 nitrogen and oxygen atoms in total. The van der Waals surface area contributed by atoms with Crippen LogP contribution in [0.3, 0.4) is 0 Å². The quantitative estimate of drug-likeness (QED) is 0.904. The maximum Gasteiger partial charge on any atom is 0.0426 e. The average molecular weight is 275 g/mol. The number of nitrogens with two attached hydrogens (primary N) is 1. The van der Waals surface area contributed by atoms with Crippen molar-refractivity contribution >= 4 is 17.3 Å². The Balaban J connectivity index is 2.15. The minimum Gasteiger partial charge on any atom is -0.370 e. The van der Waals surface area contributed by atoms with E-state index in [1.165, 1.54) is 16.8 Å². The van der Waals surface area contributed by atoms with Crippen LogP contribution in [0.2, 0.25) is 5.02 Å². The van der Waals surface area contributed by atoms with Crippen LogP contribution in [0.1, 0.15) is 11.1 Å². The molecule has 0 unspecified atom stereocenters. The van der Waals surface area contributed by atoms with Gasteiger partial charge < -0.3 is 10.6 Å². The van der Waals surface area contributed by atoms with Crippen molar-refractivity contribution in [3.05, 3.63) is 64.7 Å². The Morgan fingerprint density at radius 1 is 1.05 bits per heavy atom. The molecule has 100 valence electrons. The molecule has 0 bridgehead atoms. The monoisotopic (exact) mass is 274 g/mol. The van der Waals surface area contributed by atoms with Crippen LogP contribution in [-0.2, 0) is 13.0 Å². The van der Waals surface area contributed by atoms with Crippen LogP contribution in [0.25, 0.3) is 0 Å². The summed E-state index contributed by atoms with van der Waals surface area (Å²) in [6.07, 6.45) is 0.904. The van der Waals surface area contributed by atoms with Crippen molar-refractivity contribution in [2.75, 3.05) is 18.5 Å². The first-order valence-corrected chi connectivity index (χ1v) is 6.82. The van der Waals surface area contributed by atoms with Gasteiger partial charge in [-0.25, -0.2) is 0 Å². The second-order valence-electron chi connectivity index (χ2n) is 4.65. The largest absolute Gasteiger partial charge is 0.370 e. The minimum absolute atomic E-state index is 0.672. The van der Waals surface area contributed by atoms with Crippen LogP contribution in [0.4, 0.5) is 5.69 Å². The van der Waals surface area contributed by atoms with Gasteiger partial charge in [-0.15, -0.1) is 0 Å². The number of para-hydroxylation sites is 1. The van der Waals surface area contributed by atoms with E-state index in [1.807, 2.05) is 12.1 Å². The molecule has 0 aliphatic rings. The van der Waals surface area contributed by atoms with Gasteiger partial charge >= 0.3 is 0 Å². The van der Waals surface area contributed by atoms with Gasteiger partial charge in [-0.05, 0) is 42.3 Å². The normalized spacial score (nSPS) is 10.5.